The fourth-order valence-electron chi connectivity index (χ4n) is 3.63. The Morgan fingerprint density at radius 2 is 1.88 bits per heavy atom. The van der Waals surface area contributed by atoms with Gasteiger partial charge >= 0.3 is 5.97 Å². The van der Waals surface area contributed by atoms with Crippen molar-refractivity contribution in [3.63, 3.8) is 0 Å². The molecule has 0 unspecified atom stereocenters. The molecule has 0 spiro atoms. The maximum atomic E-state index is 12.8. The highest BCUT2D eigenvalue weighted by Crippen LogP contribution is 2.55. The van der Waals surface area contributed by atoms with Gasteiger partial charge in [0.15, 0.2) is 0 Å². The Morgan fingerprint density at radius 1 is 1.19 bits per heavy atom. The van der Waals surface area contributed by atoms with Crippen LogP contribution in [-0.2, 0) is 14.8 Å². The van der Waals surface area contributed by atoms with E-state index in [9.17, 15) is 18.3 Å². The number of carboxylic acid groups (broad SMARTS) is 1. The molecule has 0 radical (unpaired) electrons. The van der Waals surface area contributed by atoms with E-state index in [1.165, 1.54) is 6.07 Å². The zero-order chi connectivity index (χ0) is 18.5. The molecule has 0 bridgehead atoms. The molecular weight excluding hydrogens is 394 g/mol. The van der Waals surface area contributed by atoms with Crippen LogP contribution in [0.1, 0.15) is 25.7 Å². The summed E-state index contributed by atoms with van der Waals surface area (Å²) < 4.78 is 28.2. The topological polar surface area (TPSA) is 83.5 Å². The lowest BCUT2D eigenvalue weighted by Crippen LogP contribution is -2.46. The molecule has 8 heteroatoms. The third-order valence-corrected chi connectivity index (χ3v) is 8.79. The molecule has 2 N–H and O–H groups in total. The minimum absolute atomic E-state index is 0.0979. The summed E-state index contributed by atoms with van der Waals surface area (Å²) in [5, 5.41) is 10.2. The van der Waals surface area contributed by atoms with Gasteiger partial charge in [-0.25, -0.2) is 8.42 Å². The second kappa shape index (κ2) is 6.34. The lowest BCUT2D eigenvalue weighted by Gasteiger charge is -2.27. The molecule has 1 aromatic carbocycles. The number of carboxylic acids is 1. The zero-order valence-electron chi connectivity index (χ0n) is 13.8. The number of carbonyl (C=O) groups is 1. The maximum Gasteiger partial charge on any atom is 0.325 e. The fraction of sp³-hybridized carbons (Fsp3) is 0.389. The molecule has 5 nitrogen and oxygen atoms in total. The Morgan fingerprint density at radius 3 is 2.46 bits per heavy atom. The maximum absolute atomic E-state index is 12.8. The van der Waals surface area contributed by atoms with Crippen LogP contribution in [0.25, 0.3) is 10.4 Å². The molecule has 0 aliphatic heterocycles. The number of halogens is 1. The molecule has 26 heavy (non-hydrogen) atoms. The first-order valence-electron chi connectivity index (χ1n) is 8.45. The Balaban J connectivity index is 1.57. The van der Waals surface area contributed by atoms with Gasteiger partial charge in [-0.15, -0.1) is 11.3 Å². The Labute approximate surface area is 161 Å². The molecule has 2 aliphatic carbocycles. The van der Waals surface area contributed by atoms with Crippen LogP contribution in [0.4, 0.5) is 0 Å². The predicted octanol–water partition coefficient (Wildman–Crippen LogP) is 3.99. The van der Waals surface area contributed by atoms with Crippen molar-refractivity contribution < 1.29 is 18.3 Å². The summed E-state index contributed by atoms with van der Waals surface area (Å²) in [6.45, 7) is 0. The van der Waals surface area contributed by atoms with Crippen LogP contribution in [-0.4, -0.2) is 25.0 Å². The highest BCUT2D eigenvalue weighted by Gasteiger charge is 2.65. The van der Waals surface area contributed by atoms with Crippen LogP contribution < -0.4 is 4.72 Å². The first-order chi connectivity index (χ1) is 12.3. The molecular formula is C18H18ClNO4S2. The van der Waals surface area contributed by atoms with Crippen molar-refractivity contribution in [1.82, 2.24) is 4.72 Å². The average Bonchev–Trinajstić information content (AvgIpc) is 3.02. The average molecular weight is 412 g/mol. The van der Waals surface area contributed by atoms with Crippen molar-refractivity contribution in [2.45, 2.75) is 35.4 Å². The zero-order valence-corrected chi connectivity index (χ0v) is 16.2. The fourth-order valence-corrected chi connectivity index (χ4v) is 6.48. The van der Waals surface area contributed by atoms with E-state index in [4.69, 9.17) is 11.6 Å². The second-order valence-electron chi connectivity index (χ2n) is 7.01. The quantitative estimate of drug-likeness (QED) is 0.752. The molecule has 138 valence electrons. The summed E-state index contributed by atoms with van der Waals surface area (Å²) in [4.78, 5) is 12.6. The molecule has 1 heterocycles. The number of thiophene rings is 1. The standard InChI is InChI=1S/C18H18ClNO4S2/c19-13-6-4-12(5-7-13)15-8-9-16(25-15)26(23,24)20-18(17(21)22)10-14(18)11-2-1-3-11/h4-9,11,14,20H,1-3,10H2,(H,21,22)/t14-,18+/m0/s1. The van der Waals surface area contributed by atoms with Crippen molar-refractivity contribution in [3.05, 3.63) is 41.4 Å². The summed E-state index contributed by atoms with van der Waals surface area (Å²) in [5.74, 6) is -0.853. The van der Waals surface area contributed by atoms with E-state index in [0.717, 1.165) is 41.0 Å². The van der Waals surface area contributed by atoms with Gasteiger partial charge in [0.1, 0.15) is 9.75 Å². The Bertz CT molecular complexity index is 950. The van der Waals surface area contributed by atoms with Gasteiger partial charge in [-0.2, -0.15) is 4.72 Å². The lowest BCUT2D eigenvalue weighted by molar-refractivity contribution is -0.141. The summed E-state index contributed by atoms with van der Waals surface area (Å²) >= 11 is 7.01. The molecule has 2 aliphatic rings. The van der Waals surface area contributed by atoms with Crippen LogP contribution in [0.3, 0.4) is 0 Å². The van der Waals surface area contributed by atoms with Gasteiger partial charge < -0.3 is 5.11 Å². The van der Waals surface area contributed by atoms with Crippen molar-refractivity contribution in [2.24, 2.45) is 11.8 Å². The van der Waals surface area contributed by atoms with Gasteiger partial charge in [-0.1, -0.05) is 43.0 Å². The Kier molecular flexibility index (Phi) is 4.38. The minimum atomic E-state index is -3.88. The highest BCUT2D eigenvalue weighted by atomic mass is 35.5. The first-order valence-corrected chi connectivity index (χ1v) is 11.1. The third-order valence-electron chi connectivity index (χ3n) is 5.41. The number of sulfonamides is 1. The number of nitrogens with one attached hydrogen (secondary N) is 1. The third kappa shape index (κ3) is 3.07. The Hall–Kier alpha value is -1.41. The molecule has 4 rings (SSSR count). The van der Waals surface area contributed by atoms with Gasteiger partial charge in [-0.3, -0.25) is 4.79 Å². The van der Waals surface area contributed by atoms with Crippen molar-refractivity contribution in [1.29, 1.82) is 0 Å². The summed E-state index contributed by atoms with van der Waals surface area (Å²) in [6, 6.07) is 10.4. The molecule has 2 aromatic rings. The second-order valence-corrected chi connectivity index (χ2v) is 10.4. The summed E-state index contributed by atoms with van der Waals surface area (Å²) in [5.41, 5.74) is -0.471. The smallest absolute Gasteiger partial charge is 0.325 e. The van der Waals surface area contributed by atoms with Crippen LogP contribution in [0.2, 0.25) is 5.02 Å². The monoisotopic (exact) mass is 411 g/mol. The minimum Gasteiger partial charge on any atom is -0.480 e. The van der Waals surface area contributed by atoms with Gasteiger partial charge in [0.25, 0.3) is 10.0 Å². The van der Waals surface area contributed by atoms with E-state index in [-0.39, 0.29) is 10.1 Å². The van der Waals surface area contributed by atoms with Crippen LogP contribution in [0.5, 0.6) is 0 Å². The number of benzene rings is 1. The van der Waals surface area contributed by atoms with Gasteiger partial charge in [-0.05, 0) is 48.1 Å². The van der Waals surface area contributed by atoms with Gasteiger partial charge in [0, 0.05) is 9.90 Å². The van der Waals surface area contributed by atoms with E-state index in [0.29, 0.717) is 17.4 Å². The molecule has 2 atom stereocenters. The van der Waals surface area contributed by atoms with Crippen molar-refractivity contribution >= 4 is 38.9 Å². The first kappa shape index (κ1) is 18.0. The normalized spacial score (nSPS) is 25.7. The SMILES string of the molecule is O=C(O)[C@@]1(NS(=O)(=O)c2ccc(-c3ccc(Cl)cc3)s2)C[C@H]1C1CCC1. The van der Waals surface area contributed by atoms with Gasteiger partial charge in [0.05, 0.1) is 0 Å². The molecule has 2 fully saturated rings. The number of hydrogen-bond acceptors (Lipinski definition) is 4. The predicted molar refractivity (Wildman–Crippen MR) is 101 cm³/mol. The lowest BCUT2D eigenvalue weighted by atomic mass is 9.80. The molecule has 0 saturated heterocycles. The van der Waals surface area contributed by atoms with Crippen LogP contribution in [0.15, 0.2) is 40.6 Å². The van der Waals surface area contributed by atoms with Crippen LogP contribution >= 0.6 is 22.9 Å². The van der Waals surface area contributed by atoms with Gasteiger partial charge in [0.2, 0.25) is 0 Å². The summed E-state index contributed by atoms with van der Waals surface area (Å²) in [7, 11) is -3.88. The molecule has 0 amide bonds. The van der Waals surface area contributed by atoms with Crippen molar-refractivity contribution in [3.8, 4) is 10.4 Å². The number of rotatable bonds is 6. The van der Waals surface area contributed by atoms with E-state index >= 15 is 0 Å². The molecule has 1 aromatic heterocycles. The molecule has 2 saturated carbocycles. The van der Waals surface area contributed by atoms with Crippen LogP contribution in [0, 0.1) is 11.8 Å². The van der Waals surface area contributed by atoms with E-state index < -0.39 is 21.5 Å². The van der Waals surface area contributed by atoms with E-state index in [2.05, 4.69) is 4.72 Å². The number of hydrogen-bond donors (Lipinski definition) is 2. The number of aliphatic carboxylic acids is 1. The summed E-state index contributed by atoms with van der Waals surface area (Å²) in [6.07, 6.45) is 3.45. The van der Waals surface area contributed by atoms with Crippen molar-refractivity contribution in [2.75, 3.05) is 0 Å². The largest absolute Gasteiger partial charge is 0.480 e. The highest BCUT2D eigenvalue weighted by molar-refractivity contribution is 7.91. The van der Waals surface area contributed by atoms with E-state index in [1.54, 1.807) is 18.2 Å². The van der Waals surface area contributed by atoms with E-state index in [1.807, 2.05) is 12.1 Å².